The van der Waals surface area contributed by atoms with Gasteiger partial charge in [0.15, 0.2) is 5.16 Å². The minimum Gasteiger partial charge on any atom is -0.338 e. The minimum atomic E-state index is 0.000263. The molecule has 0 aliphatic rings. The molecular formula is C22H21BrN4O2S. The first-order valence-electron chi connectivity index (χ1n) is 9.86. The summed E-state index contributed by atoms with van der Waals surface area (Å²) in [6.45, 7) is 2.80. The molecule has 0 unspecified atom stereocenters. The second-order valence-corrected chi connectivity index (χ2v) is 8.74. The third-order valence-electron chi connectivity index (χ3n) is 4.71. The minimum absolute atomic E-state index is 0.000263. The van der Waals surface area contributed by atoms with E-state index in [4.69, 9.17) is 9.51 Å². The lowest BCUT2D eigenvalue weighted by molar-refractivity contribution is 0.391. The fourth-order valence-corrected chi connectivity index (χ4v) is 4.26. The molecule has 4 aromatic rings. The Morgan fingerprint density at radius 3 is 2.67 bits per heavy atom. The van der Waals surface area contributed by atoms with Gasteiger partial charge >= 0.3 is 0 Å². The molecule has 0 radical (unpaired) electrons. The number of unbranched alkanes of at least 4 members (excludes halogenated alkanes) is 2. The summed E-state index contributed by atoms with van der Waals surface area (Å²) in [7, 11) is 0. The molecule has 2 aromatic carbocycles. The monoisotopic (exact) mass is 484 g/mol. The molecule has 6 nitrogen and oxygen atoms in total. The van der Waals surface area contributed by atoms with Gasteiger partial charge in [-0.15, -0.1) is 0 Å². The molecule has 0 atom stereocenters. The van der Waals surface area contributed by atoms with Gasteiger partial charge in [-0.2, -0.15) is 4.98 Å². The first kappa shape index (κ1) is 20.8. The zero-order valence-electron chi connectivity index (χ0n) is 16.5. The van der Waals surface area contributed by atoms with Crippen molar-refractivity contribution in [1.82, 2.24) is 19.7 Å². The summed E-state index contributed by atoms with van der Waals surface area (Å²) < 4.78 is 8.19. The van der Waals surface area contributed by atoms with Gasteiger partial charge in [0, 0.05) is 16.6 Å². The summed E-state index contributed by atoms with van der Waals surface area (Å²) in [5.41, 5.74) is 1.59. The van der Waals surface area contributed by atoms with Crippen LogP contribution in [0.4, 0.5) is 0 Å². The number of benzene rings is 2. The lowest BCUT2D eigenvalue weighted by atomic mass is 10.2. The Morgan fingerprint density at radius 1 is 1.07 bits per heavy atom. The fraction of sp³-hybridized carbons (Fsp3) is 0.273. The van der Waals surface area contributed by atoms with Crippen LogP contribution < -0.4 is 5.56 Å². The van der Waals surface area contributed by atoms with Crippen molar-refractivity contribution in [1.29, 1.82) is 0 Å². The molecule has 0 bridgehead atoms. The van der Waals surface area contributed by atoms with Gasteiger partial charge in [-0.25, -0.2) is 4.98 Å². The Kier molecular flexibility index (Phi) is 6.64. The van der Waals surface area contributed by atoms with Gasteiger partial charge in [0.25, 0.3) is 5.56 Å². The van der Waals surface area contributed by atoms with Crippen LogP contribution in [0.1, 0.15) is 32.1 Å². The van der Waals surface area contributed by atoms with E-state index in [1.54, 1.807) is 4.57 Å². The van der Waals surface area contributed by atoms with Crippen molar-refractivity contribution in [2.75, 3.05) is 0 Å². The van der Waals surface area contributed by atoms with E-state index in [1.165, 1.54) is 11.8 Å². The second kappa shape index (κ2) is 9.57. The third kappa shape index (κ3) is 4.65. The van der Waals surface area contributed by atoms with Crippen LogP contribution in [0.2, 0.25) is 0 Å². The highest BCUT2D eigenvalue weighted by molar-refractivity contribution is 9.10. The quantitative estimate of drug-likeness (QED) is 0.181. The van der Waals surface area contributed by atoms with E-state index < -0.39 is 0 Å². The number of halogens is 1. The van der Waals surface area contributed by atoms with E-state index in [1.807, 2.05) is 48.5 Å². The van der Waals surface area contributed by atoms with Gasteiger partial charge in [-0.3, -0.25) is 9.36 Å². The maximum atomic E-state index is 13.0. The van der Waals surface area contributed by atoms with Crippen LogP contribution in [0.25, 0.3) is 22.3 Å². The Balaban J connectivity index is 1.58. The topological polar surface area (TPSA) is 73.8 Å². The first-order valence-corrected chi connectivity index (χ1v) is 11.6. The van der Waals surface area contributed by atoms with Crippen LogP contribution in [0.3, 0.4) is 0 Å². The summed E-state index contributed by atoms with van der Waals surface area (Å²) in [6.07, 6.45) is 3.11. The van der Waals surface area contributed by atoms with E-state index in [-0.39, 0.29) is 5.56 Å². The molecule has 0 aliphatic heterocycles. The SMILES string of the molecule is CCCCCn1c(SCc2nc(-c3ccc(Br)cc3)no2)nc2ccccc2c1=O. The summed E-state index contributed by atoms with van der Waals surface area (Å²) in [4.78, 5) is 22.2. The fourth-order valence-electron chi connectivity index (χ4n) is 3.13. The number of rotatable bonds is 8. The Hall–Kier alpha value is -2.45. The van der Waals surface area contributed by atoms with Gasteiger partial charge in [0.05, 0.1) is 16.7 Å². The summed E-state index contributed by atoms with van der Waals surface area (Å²) in [5, 5.41) is 5.40. The summed E-state index contributed by atoms with van der Waals surface area (Å²) in [6, 6.07) is 15.2. The molecule has 0 amide bonds. The van der Waals surface area contributed by atoms with E-state index >= 15 is 0 Å². The number of hydrogen-bond donors (Lipinski definition) is 0. The zero-order valence-corrected chi connectivity index (χ0v) is 18.9. The Bertz CT molecular complexity index is 1200. The molecule has 0 spiro atoms. The number of thioether (sulfide) groups is 1. The number of para-hydroxylation sites is 1. The maximum absolute atomic E-state index is 13.0. The van der Waals surface area contributed by atoms with Crippen LogP contribution in [0, 0.1) is 0 Å². The maximum Gasteiger partial charge on any atom is 0.262 e. The molecule has 0 N–H and O–H groups in total. The highest BCUT2D eigenvalue weighted by Gasteiger charge is 2.14. The molecule has 8 heteroatoms. The number of nitrogens with zero attached hydrogens (tertiary/aromatic N) is 4. The predicted molar refractivity (Wildman–Crippen MR) is 123 cm³/mol. The second-order valence-electron chi connectivity index (χ2n) is 6.88. The summed E-state index contributed by atoms with van der Waals surface area (Å²) in [5.74, 6) is 1.49. The smallest absolute Gasteiger partial charge is 0.262 e. The Labute approximate surface area is 186 Å². The van der Waals surface area contributed by atoms with Crippen molar-refractivity contribution in [2.24, 2.45) is 0 Å². The van der Waals surface area contributed by atoms with Gasteiger partial charge in [-0.1, -0.05) is 64.7 Å². The normalized spacial score (nSPS) is 11.3. The summed E-state index contributed by atoms with van der Waals surface area (Å²) >= 11 is 4.87. The van der Waals surface area contributed by atoms with Crippen molar-refractivity contribution in [3.63, 3.8) is 0 Å². The van der Waals surface area contributed by atoms with Crippen molar-refractivity contribution in [3.05, 3.63) is 69.2 Å². The van der Waals surface area contributed by atoms with Crippen LogP contribution >= 0.6 is 27.7 Å². The van der Waals surface area contributed by atoms with Crippen molar-refractivity contribution in [2.45, 2.75) is 43.6 Å². The lowest BCUT2D eigenvalue weighted by Crippen LogP contribution is -2.23. The number of aromatic nitrogens is 4. The average molecular weight is 485 g/mol. The molecule has 0 saturated heterocycles. The van der Waals surface area contributed by atoms with Crippen molar-refractivity contribution in [3.8, 4) is 11.4 Å². The average Bonchev–Trinajstić information content (AvgIpc) is 3.24. The molecule has 2 heterocycles. The van der Waals surface area contributed by atoms with E-state index in [0.29, 0.717) is 40.1 Å². The number of fused-ring (bicyclic) bond motifs is 1. The highest BCUT2D eigenvalue weighted by atomic mass is 79.9. The molecule has 4 rings (SSSR count). The molecular weight excluding hydrogens is 464 g/mol. The largest absolute Gasteiger partial charge is 0.338 e. The van der Waals surface area contributed by atoms with Gasteiger partial charge < -0.3 is 4.52 Å². The van der Waals surface area contributed by atoms with Gasteiger partial charge in [-0.05, 0) is 42.8 Å². The van der Waals surface area contributed by atoms with Crippen LogP contribution in [-0.4, -0.2) is 19.7 Å². The molecule has 2 aromatic heterocycles. The third-order valence-corrected chi connectivity index (χ3v) is 6.20. The van der Waals surface area contributed by atoms with Crippen LogP contribution in [0.5, 0.6) is 0 Å². The predicted octanol–water partition coefficient (Wildman–Crippen LogP) is 5.69. The molecule has 154 valence electrons. The van der Waals surface area contributed by atoms with Crippen LogP contribution in [0.15, 0.2) is 67.5 Å². The van der Waals surface area contributed by atoms with Gasteiger partial charge in [0.2, 0.25) is 11.7 Å². The molecule has 0 fully saturated rings. The van der Waals surface area contributed by atoms with Crippen molar-refractivity contribution >= 4 is 38.6 Å². The van der Waals surface area contributed by atoms with E-state index in [0.717, 1.165) is 29.3 Å². The van der Waals surface area contributed by atoms with E-state index in [2.05, 4.69) is 33.0 Å². The lowest BCUT2D eigenvalue weighted by Gasteiger charge is -2.12. The standard InChI is InChI=1S/C22H21BrN4O2S/c1-2-3-6-13-27-21(28)17-7-4-5-8-18(17)24-22(27)30-14-19-25-20(26-29-19)15-9-11-16(23)12-10-15/h4-5,7-12H,2-3,6,13-14H2,1H3. The molecule has 30 heavy (non-hydrogen) atoms. The first-order chi connectivity index (χ1) is 14.7. The molecule has 0 aliphatic carbocycles. The number of hydrogen-bond acceptors (Lipinski definition) is 6. The van der Waals surface area contributed by atoms with Crippen LogP contribution in [-0.2, 0) is 12.3 Å². The van der Waals surface area contributed by atoms with E-state index in [9.17, 15) is 4.79 Å². The highest BCUT2D eigenvalue weighted by Crippen LogP contribution is 2.24. The van der Waals surface area contributed by atoms with Crippen molar-refractivity contribution < 1.29 is 4.52 Å². The zero-order chi connectivity index (χ0) is 20.9. The van der Waals surface area contributed by atoms with Gasteiger partial charge in [0.1, 0.15) is 0 Å². The Morgan fingerprint density at radius 2 is 1.87 bits per heavy atom. The molecule has 0 saturated carbocycles.